The summed E-state index contributed by atoms with van der Waals surface area (Å²) in [6.07, 6.45) is 0. The first-order chi connectivity index (χ1) is 10.0. The molecular formula is C16H21ClN2O2. The number of fused-ring (bicyclic) bond motifs is 1. The summed E-state index contributed by atoms with van der Waals surface area (Å²) in [7, 11) is 3.22. The van der Waals surface area contributed by atoms with Crippen molar-refractivity contribution >= 4 is 28.2 Å². The van der Waals surface area contributed by atoms with Gasteiger partial charge in [-0.1, -0.05) is 25.4 Å². The molecule has 5 heteroatoms. The minimum Gasteiger partial charge on any atom is -0.495 e. The van der Waals surface area contributed by atoms with Gasteiger partial charge in [-0.2, -0.15) is 0 Å². The fourth-order valence-corrected chi connectivity index (χ4v) is 2.59. The maximum absolute atomic E-state index is 6.48. The number of aromatic nitrogens is 1. The van der Waals surface area contributed by atoms with Crippen LogP contribution in [0.15, 0.2) is 12.1 Å². The van der Waals surface area contributed by atoms with Crippen LogP contribution in [0.25, 0.3) is 10.9 Å². The van der Waals surface area contributed by atoms with Crippen molar-refractivity contribution in [2.24, 2.45) is 0 Å². The van der Waals surface area contributed by atoms with Gasteiger partial charge in [-0.05, 0) is 18.9 Å². The zero-order valence-electron chi connectivity index (χ0n) is 13.1. The molecule has 21 heavy (non-hydrogen) atoms. The van der Waals surface area contributed by atoms with Gasteiger partial charge in [0.05, 0.1) is 19.2 Å². The number of anilines is 1. The van der Waals surface area contributed by atoms with E-state index in [4.69, 9.17) is 26.1 Å². The molecule has 0 aliphatic rings. The largest absolute Gasteiger partial charge is 0.495 e. The highest BCUT2D eigenvalue weighted by atomic mass is 35.5. The number of halogens is 1. The molecule has 114 valence electrons. The predicted octanol–water partition coefficient (Wildman–Crippen LogP) is 4.46. The standard InChI is InChI=1S/C16H21ClN2O2/c1-6-18-11-7-10(9(2)3)19-16-13(21-5)8-12(20-4)15(17)14(11)16/h7-9H,6H2,1-5H3,(H,18,19). The number of nitrogens with one attached hydrogen (secondary N) is 1. The van der Waals surface area contributed by atoms with Crippen molar-refractivity contribution in [3.8, 4) is 11.5 Å². The van der Waals surface area contributed by atoms with Crippen LogP contribution in [0.5, 0.6) is 11.5 Å². The molecule has 2 rings (SSSR count). The van der Waals surface area contributed by atoms with E-state index in [0.29, 0.717) is 22.4 Å². The Bertz CT molecular complexity index is 657. The summed E-state index contributed by atoms with van der Waals surface area (Å²) in [5.41, 5.74) is 2.71. The highest BCUT2D eigenvalue weighted by molar-refractivity contribution is 6.38. The van der Waals surface area contributed by atoms with Crippen molar-refractivity contribution < 1.29 is 9.47 Å². The number of benzene rings is 1. The highest BCUT2D eigenvalue weighted by Crippen LogP contribution is 2.42. The van der Waals surface area contributed by atoms with Gasteiger partial charge in [0.1, 0.15) is 17.0 Å². The molecular weight excluding hydrogens is 288 g/mol. The van der Waals surface area contributed by atoms with Crippen LogP contribution in [0, 0.1) is 0 Å². The summed E-state index contributed by atoms with van der Waals surface area (Å²) < 4.78 is 10.8. The van der Waals surface area contributed by atoms with E-state index >= 15 is 0 Å². The predicted molar refractivity (Wildman–Crippen MR) is 88.1 cm³/mol. The van der Waals surface area contributed by atoms with Gasteiger partial charge in [-0.15, -0.1) is 0 Å². The second-order valence-electron chi connectivity index (χ2n) is 5.10. The molecule has 1 aromatic carbocycles. The van der Waals surface area contributed by atoms with Crippen molar-refractivity contribution in [3.05, 3.63) is 22.8 Å². The molecule has 2 aromatic rings. The normalized spacial score (nSPS) is 11.0. The second kappa shape index (κ2) is 6.39. The molecule has 0 amide bonds. The van der Waals surface area contributed by atoms with E-state index in [2.05, 4.69) is 19.2 Å². The van der Waals surface area contributed by atoms with Gasteiger partial charge in [0, 0.05) is 29.4 Å². The lowest BCUT2D eigenvalue weighted by Gasteiger charge is -2.17. The zero-order chi connectivity index (χ0) is 15.6. The van der Waals surface area contributed by atoms with E-state index in [0.717, 1.165) is 28.8 Å². The minimum absolute atomic E-state index is 0.317. The Labute approximate surface area is 130 Å². The first-order valence-corrected chi connectivity index (χ1v) is 7.40. The van der Waals surface area contributed by atoms with Crippen molar-refractivity contribution in [2.75, 3.05) is 26.1 Å². The van der Waals surface area contributed by atoms with Gasteiger partial charge < -0.3 is 14.8 Å². The molecule has 0 unspecified atom stereocenters. The van der Waals surface area contributed by atoms with Crippen LogP contribution < -0.4 is 14.8 Å². The number of nitrogens with zero attached hydrogens (tertiary/aromatic N) is 1. The first kappa shape index (κ1) is 15.7. The summed E-state index contributed by atoms with van der Waals surface area (Å²) in [5, 5.41) is 4.73. The number of hydrogen-bond donors (Lipinski definition) is 1. The molecule has 0 aliphatic carbocycles. The van der Waals surface area contributed by atoms with Crippen LogP contribution in [0.2, 0.25) is 5.02 Å². The molecule has 4 nitrogen and oxygen atoms in total. The van der Waals surface area contributed by atoms with Gasteiger partial charge in [-0.3, -0.25) is 0 Å². The quantitative estimate of drug-likeness (QED) is 0.885. The van der Waals surface area contributed by atoms with Gasteiger partial charge in [-0.25, -0.2) is 4.98 Å². The maximum atomic E-state index is 6.48. The molecule has 0 saturated heterocycles. The first-order valence-electron chi connectivity index (χ1n) is 7.02. The lowest BCUT2D eigenvalue weighted by Crippen LogP contribution is -2.03. The Morgan fingerprint density at radius 2 is 1.86 bits per heavy atom. The third-order valence-corrected chi connectivity index (χ3v) is 3.74. The lowest BCUT2D eigenvalue weighted by atomic mass is 10.1. The Morgan fingerprint density at radius 1 is 1.19 bits per heavy atom. The van der Waals surface area contributed by atoms with E-state index in [1.165, 1.54) is 0 Å². The molecule has 0 fully saturated rings. The number of hydrogen-bond acceptors (Lipinski definition) is 4. The van der Waals surface area contributed by atoms with Crippen LogP contribution in [-0.2, 0) is 0 Å². The van der Waals surface area contributed by atoms with Gasteiger partial charge in [0.25, 0.3) is 0 Å². The molecule has 0 atom stereocenters. The summed E-state index contributed by atoms with van der Waals surface area (Å²) in [6.45, 7) is 7.07. The van der Waals surface area contributed by atoms with Crippen LogP contribution >= 0.6 is 11.6 Å². The number of rotatable bonds is 5. The lowest BCUT2D eigenvalue weighted by molar-refractivity contribution is 0.397. The Morgan fingerprint density at radius 3 is 2.38 bits per heavy atom. The highest BCUT2D eigenvalue weighted by Gasteiger charge is 2.18. The summed E-state index contributed by atoms with van der Waals surface area (Å²) in [5.74, 6) is 1.56. The van der Waals surface area contributed by atoms with E-state index in [9.17, 15) is 0 Å². The number of ether oxygens (including phenoxy) is 2. The zero-order valence-corrected chi connectivity index (χ0v) is 13.8. The average Bonchev–Trinajstić information content (AvgIpc) is 2.47. The average molecular weight is 309 g/mol. The van der Waals surface area contributed by atoms with Crippen molar-refractivity contribution in [1.82, 2.24) is 4.98 Å². The van der Waals surface area contributed by atoms with Gasteiger partial charge in [0.2, 0.25) is 0 Å². The number of pyridine rings is 1. The molecule has 1 heterocycles. The molecule has 0 bridgehead atoms. The maximum Gasteiger partial charge on any atom is 0.148 e. The van der Waals surface area contributed by atoms with Gasteiger partial charge in [0.15, 0.2) is 0 Å². The molecule has 1 aromatic heterocycles. The van der Waals surface area contributed by atoms with E-state index in [-0.39, 0.29) is 0 Å². The molecule has 0 spiro atoms. The third-order valence-electron chi connectivity index (χ3n) is 3.37. The van der Waals surface area contributed by atoms with Crippen molar-refractivity contribution in [1.29, 1.82) is 0 Å². The van der Waals surface area contributed by atoms with Crippen LogP contribution in [-0.4, -0.2) is 25.7 Å². The Hall–Kier alpha value is -1.68. The summed E-state index contributed by atoms with van der Waals surface area (Å²) in [4.78, 5) is 4.72. The Balaban J connectivity index is 2.88. The number of methoxy groups -OCH3 is 2. The monoisotopic (exact) mass is 308 g/mol. The van der Waals surface area contributed by atoms with Crippen molar-refractivity contribution in [3.63, 3.8) is 0 Å². The van der Waals surface area contributed by atoms with E-state index in [1.54, 1.807) is 20.3 Å². The SMILES string of the molecule is CCNc1cc(C(C)C)nc2c(OC)cc(OC)c(Cl)c12. The van der Waals surface area contributed by atoms with Crippen molar-refractivity contribution in [2.45, 2.75) is 26.7 Å². The fraction of sp³-hybridized carbons (Fsp3) is 0.438. The van der Waals surface area contributed by atoms with Gasteiger partial charge >= 0.3 is 0 Å². The fourth-order valence-electron chi connectivity index (χ4n) is 2.27. The third kappa shape index (κ3) is 2.86. The van der Waals surface area contributed by atoms with E-state index < -0.39 is 0 Å². The minimum atomic E-state index is 0.317. The smallest absolute Gasteiger partial charge is 0.148 e. The topological polar surface area (TPSA) is 43.4 Å². The van der Waals surface area contributed by atoms with E-state index in [1.807, 2.05) is 13.0 Å². The van der Waals surface area contributed by atoms with Crippen LogP contribution in [0.1, 0.15) is 32.4 Å². The molecule has 0 radical (unpaired) electrons. The molecule has 0 aliphatic heterocycles. The summed E-state index contributed by atoms with van der Waals surface area (Å²) in [6, 6.07) is 3.82. The second-order valence-corrected chi connectivity index (χ2v) is 5.48. The van der Waals surface area contributed by atoms with Crippen LogP contribution in [0.3, 0.4) is 0 Å². The summed E-state index contributed by atoms with van der Waals surface area (Å²) >= 11 is 6.48. The Kier molecular flexibility index (Phi) is 4.78. The van der Waals surface area contributed by atoms with Crippen LogP contribution in [0.4, 0.5) is 5.69 Å². The molecule has 0 saturated carbocycles. The molecule has 1 N–H and O–H groups in total.